The van der Waals surface area contributed by atoms with Gasteiger partial charge in [0.05, 0.1) is 22.7 Å². The topological polar surface area (TPSA) is 96.0 Å². The molecule has 224 valence electrons. The van der Waals surface area contributed by atoms with Crippen LogP contribution in [0.3, 0.4) is 0 Å². The molecule has 1 aliphatic rings. The van der Waals surface area contributed by atoms with Crippen LogP contribution in [-0.2, 0) is 26.2 Å². The van der Waals surface area contributed by atoms with Crippen molar-refractivity contribution in [3.05, 3.63) is 89.2 Å². The summed E-state index contributed by atoms with van der Waals surface area (Å²) in [6, 6.07) is 17.4. The number of sulfonamides is 1. The molecule has 0 radical (unpaired) electrons. The Morgan fingerprint density at radius 1 is 1.05 bits per heavy atom. The molecule has 0 aromatic heterocycles. The Hall–Kier alpha value is -3.63. The van der Waals surface area contributed by atoms with Crippen LogP contribution in [0.25, 0.3) is 0 Å². The molecule has 4 rings (SSSR count). The second-order valence-corrected chi connectivity index (χ2v) is 12.5. The molecule has 1 fully saturated rings. The van der Waals surface area contributed by atoms with Crippen molar-refractivity contribution in [3.8, 4) is 5.75 Å². The maximum absolute atomic E-state index is 14.1. The number of anilines is 1. The van der Waals surface area contributed by atoms with Crippen molar-refractivity contribution in [2.24, 2.45) is 0 Å². The van der Waals surface area contributed by atoms with Crippen LogP contribution in [0.15, 0.2) is 77.7 Å². The molecule has 0 bridgehead atoms. The van der Waals surface area contributed by atoms with Gasteiger partial charge < -0.3 is 15.0 Å². The van der Waals surface area contributed by atoms with Gasteiger partial charge in [0.15, 0.2) is 0 Å². The molecule has 1 N–H and O–H groups in total. The van der Waals surface area contributed by atoms with Crippen LogP contribution in [0.1, 0.15) is 44.6 Å². The number of hydrogen-bond acceptors (Lipinski definition) is 5. The highest BCUT2D eigenvalue weighted by atomic mass is 35.5. The number of rotatable bonds is 12. The summed E-state index contributed by atoms with van der Waals surface area (Å²) in [5.41, 5.74) is 0.755. The fourth-order valence-corrected chi connectivity index (χ4v) is 6.71. The lowest BCUT2D eigenvalue weighted by Gasteiger charge is -2.33. The average Bonchev–Trinajstić information content (AvgIpc) is 3.51. The van der Waals surface area contributed by atoms with Gasteiger partial charge in [-0.2, -0.15) is 0 Å². The molecule has 3 aromatic rings. The van der Waals surface area contributed by atoms with E-state index in [9.17, 15) is 22.4 Å². The molecule has 0 heterocycles. The minimum atomic E-state index is -4.28. The summed E-state index contributed by atoms with van der Waals surface area (Å²) in [6.45, 7) is 1.23. The molecule has 0 saturated heterocycles. The van der Waals surface area contributed by atoms with Crippen LogP contribution in [0, 0.1) is 5.82 Å². The quantitative estimate of drug-likeness (QED) is 0.288. The van der Waals surface area contributed by atoms with Crippen molar-refractivity contribution < 1.29 is 27.1 Å². The summed E-state index contributed by atoms with van der Waals surface area (Å²) in [6.07, 6.45) is 4.13. The fraction of sp³-hybridized carbons (Fsp3) is 0.355. The summed E-state index contributed by atoms with van der Waals surface area (Å²) in [4.78, 5) is 29.0. The van der Waals surface area contributed by atoms with Gasteiger partial charge in [0.2, 0.25) is 11.8 Å². The van der Waals surface area contributed by atoms with Crippen molar-refractivity contribution in [2.45, 2.75) is 62.6 Å². The molecule has 0 spiro atoms. The molecule has 3 aromatic carbocycles. The van der Waals surface area contributed by atoms with Gasteiger partial charge in [0.25, 0.3) is 10.0 Å². The van der Waals surface area contributed by atoms with Crippen LogP contribution in [0.4, 0.5) is 10.1 Å². The number of carbonyl (C=O) groups is 2. The number of methoxy groups -OCH3 is 1. The summed E-state index contributed by atoms with van der Waals surface area (Å²) >= 11 is 6.03. The monoisotopic (exact) mass is 615 g/mol. The standard InChI is InChI=1S/C31H35ClFN3O5S/c1-3-29(31(38)34-23-9-7-8-10-23)35(20-22-13-16-25(41-2)17-14-22)30(37)21-36(24-15-18-28(33)27(32)19-24)42(39,40)26-11-5-4-6-12-26/h4-6,11-19,23,29H,3,7-10,20-21H2,1-2H3,(H,34,38)/t29-/m0/s1. The highest BCUT2D eigenvalue weighted by Gasteiger charge is 2.34. The van der Waals surface area contributed by atoms with Gasteiger partial charge >= 0.3 is 0 Å². The Kier molecular flexibility index (Phi) is 10.5. The van der Waals surface area contributed by atoms with E-state index in [4.69, 9.17) is 16.3 Å². The van der Waals surface area contributed by atoms with Gasteiger partial charge in [-0.25, -0.2) is 12.8 Å². The molecular weight excluding hydrogens is 581 g/mol. The third-order valence-corrected chi connectivity index (χ3v) is 9.48. The molecule has 1 aliphatic carbocycles. The number of nitrogens with one attached hydrogen (secondary N) is 1. The Morgan fingerprint density at radius 3 is 2.31 bits per heavy atom. The van der Waals surface area contributed by atoms with E-state index in [0.717, 1.165) is 41.6 Å². The maximum atomic E-state index is 14.1. The number of ether oxygens (including phenoxy) is 1. The maximum Gasteiger partial charge on any atom is 0.264 e. The number of amides is 2. The number of nitrogens with zero attached hydrogens (tertiary/aromatic N) is 2. The average molecular weight is 616 g/mol. The fourth-order valence-electron chi connectivity index (χ4n) is 5.10. The first-order valence-electron chi connectivity index (χ1n) is 13.9. The third-order valence-electron chi connectivity index (χ3n) is 7.40. The summed E-state index contributed by atoms with van der Waals surface area (Å²) in [5.74, 6) is -0.969. The number of carbonyl (C=O) groups excluding carboxylic acids is 2. The summed E-state index contributed by atoms with van der Waals surface area (Å²) < 4.78 is 47.9. The lowest BCUT2D eigenvalue weighted by atomic mass is 10.1. The van der Waals surface area contributed by atoms with Crippen LogP contribution in [0.5, 0.6) is 5.75 Å². The van der Waals surface area contributed by atoms with E-state index < -0.39 is 34.3 Å². The van der Waals surface area contributed by atoms with Crippen molar-refractivity contribution >= 4 is 39.1 Å². The molecular formula is C31H35ClFN3O5S. The van der Waals surface area contributed by atoms with E-state index in [-0.39, 0.29) is 34.1 Å². The highest BCUT2D eigenvalue weighted by molar-refractivity contribution is 7.92. The lowest BCUT2D eigenvalue weighted by Crippen LogP contribution is -2.53. The zero-order valence-electron chi connectivity index (χ0n) is 23.6. The van der Waals surface area contributed by atoms with Gasteiger partial charge in [0, 0.05) is 12.6 Å². The Balaban J connectivity index is 1.72. The minimum absolute atomic E-state index is 0.0199. The van der Waals surface area contributed by atoms with Gasteiger partial charge in [-0.1, -0.05) is 61.7 Å². The summed E-state index contributed by atoms with van der Waals surface area (Å²) in [7, 11) is -2.73. The van der Waals surface area contributed by atoms with Crippen LogP contribution in [0.2, 0.25) is 5.02 Å². The van der Waals surface area contributed by atoms with Gasteiger partial charge in [-0.05, 0) is 67.3 Å². The molecule has 11 heteroatoms. The number of benzene rings is 3. The second-order valence-electron chi connectivity index (χ2n) is 10.2. The largest absolute Gasteiger partial charge is 0.497 e. The molecule has 42 heavy (non-hydrogen) atoms. The Morgan fingerprint density at radius 2 is 1.71 bits per heavy atom. The van der Waals surface area contributed by atoms with Gasteiger partial charge in [-0.3, -0.25) is 13.9 Å². The van der Waals surface area contributed by atoms with Crippen LogP contribution < -0.4 is 14.4 Å². The zero-order valence-corrected chi connectivity index (χ0v) is 25.2. The zero-order chi connectivity index (χ0) is 30.3. The molecule has 1 saturated carbocycles. The summed E-state index contributed by atoms with van der Waals surface area (Å²) in [5, 5.41) is 2.79. The van der Waals surface area contributed by atoms with Crippen molar-refractivity contribution in [1.82, 2.24) is 10.2 Å². The molecule has 0 unspecified atom stereocenters. The van der Waals surface area contributed by atoms with Gasteiger partial charge in [-0.15, -0.1) is 0 Å². The SMILES string of the molecule is CC[C@@H](C(=O)NC1CCCC1)N(Cc1ccc(OC)cc1)C(=O)CN(c1ccc(F)c(Cl)c1)S(=O)(=O)c1ccccc1. The predicted octanol–water partition coefficient (Wildman–Crippen LogP) is 5.55. The molecule has 8 nitrogen and oxygen atoms in total. The first-order chi connectivity index (χ1) is 20.1. The van der Waals surface area contributed by atoms with Crippen molar-refractivity contribution in [3.63, 3.8) is 0 Å². The van der Waals surface area contributed by atoms with E-state index >= 15 is 0 Å². The molecule has 2 amide bonds. The van der Waals surface area contributed by atoms with E-state index in [1.54, 1.807) is 49.6 Å². The highest BCUT2D eigenvalue weighted by Crippen LogP contribution is 2.29. The van der Waals surface area contributed by atoms with Gasteiger partial charge in [0.1, 0.15) is 24.2 Å². The van der Waals surface area contributed by atoms with Crippen molar-refractivity contribution in [1.29, 1.82) is 0 Å². The lowest BCUT2D eigenvalue weighted by molar-refractivity contribution is -0.140. The first kappa shape index (κ1) is 31.3. The Labute approximate surface area is 251 Å². The molecule has 1 atom stereocenters. The van der Waals surface area contributed by atoms with E-state index in [1.807, 2.05) is 6.92 Å². The number of hydrogen-bond donors (Lipinski definition) is 1. The minimum Gasteiger partial charge on any atom is -0.497 e. The molecule has 0 aliphatic heterocycles. The van der Waals surface area contributed by atoms with Crippen molar-refractivity contribution in [2.75, 3.05) is 18.0 Å². The van der Waals surface area contributed by atoms with Crippen LogP contribution >= 0.6 is 11.6 Å². The first-order valence-corrected chi connectivity index (χ1v) is 15.7. The van der Waals surface area contributed by atoms with E-state index in [2.05, 4.69) is 5.32 Å². The third kappa shape index (κ3) is 7.41. The predicted molar refractivity (Wildman–Crippen MR) is 160 cm³/mol. The Bertz CT molecular complexity index is 1480. The normalized spacial score (nSPS) is 14.3. The van der Waals surface area contributed by atoms with Crippen LogP contribution in [-0.4, -0.2) is 50.9 Å². The van der Waals surface area contributed by atoms with E-state index in [0.29, 0.717) is 12.2 Å². The van der Waals surface area contributed by atoms with E-state index in [1.165, 1.54) is 29.2 Å². The number of halogens is 2. The smallest absolute Gasteiger partial charge is 0.264 e. The second kappa shape index (κ2) is 14.0.